The number of anilines is 1. The van der Waals surface area contributed by atoms with Crippen LogP contribution in [0.2, 0.25) is 0 Å². The van der Waals surface area contributed by atoms with Crippen LogP contribution in [0.4, 0.5) is 5.13 Å². The van der Waals surface area contributed by atoms with E-state index < -0.39 is 0 Å². The van der Waals surface area contributed by atoms with Gasteiger partial charge in [-0.05, 0) is 10.4 Å². The van der Waals surface area contributed by atoms with Crippen LogP contribution in [0.3, 0.4) is 0 Å². The Bertz CT molecular complexity index is 596. The van der Waals surface area contributed by atoms with Crippen molar-refractivity contribution in [1.82, 2.24) is 30.4 Å². The zero-order chi connectivity index (χ0) is 14.4. The molecule has 0 fully saturated rings. The lowest BCUT2D eigenvalue weighted by molar-refractivity contribution is -0.113. The molecule has 0 atom stereocenters. The van der Waals surface area contributed by atoms with Crippen molar-refractivity contribution in [2.45, 2.75) is 9.50 Å². The summed E-state index contributed by atoms with van der Waals surface area (Å²) >= 11 is 4.11. The third-order valence-electron chi connectivity index (χ3n) is 1.89. The second kappa shape index (κ2) is 7.36. The van der Waals surface area contributed by atoms with Crippen molar-refractivity contribution >= 4 is 45.9 Å². The van der Waals surface area contributed by atoms with Gasteiger partial charge in [0.15, 0.2) is 4.34 Å². The van der Waals surface area contributed by atoms with Crippen LogP contribution in [0.25, 0.3) is 0 Å². The van der Waals surface area contributed by atoms with Crippen molar-refractivity contribution in [3.63, 3.8) is 0 Å². The van der Waals surface area contributed by atoms with Gasteiger partial charge in [-0.3, -0.25) is 10.1 Å². The molecule has 8 nitrogen and oxygen atoms in total. The van der Waals surface area contributed by atoms with Crippen molar-refractivity contribution in [3.8, 4) is 0 Å². The van der Waals surface area contributed by atoms with Gasteiger partial charge in [0, 0.05) is 12.8 Å². The Morgan fingerprint density at radius 3 is 3.00 bits per heavy atom. The number of carbonyl (C=O) groups excluding carboxylic acids is 1. The fraction of sp³-hybridized carbons (Fsp3) is 0.333. The topological polar surface area (TPSA) is 98.5 Å². The van der Waals surface area contributed by atoms with Crippen LogP contribution in [0.1, 0.15) is 0 Å². The quantitative estimate of drug-likeness (QED) is 0.457. The molecule has 0 aliphatic heterocycles. The molecule has 0 bridgehead atoms. The van der Waals surface area contributed by atoms with Crippen molar-refractivity contribution in [1.29, 1.82) is 0 Å². The number of carbonyl (C=O) groups is 1. The normalized spacial score (nSPS) is 10.4. The number of tetrazole rings is 1. The molecule has 2 heterocycles. The first-order chi connectivity index (χ1) is 9.69. The van der Waals surface area contributed by atoms with E-state index in [1.54, 1.807) is 13.1 Å². The zero-order valence-electron chi connectivity index (χ0n) is 10.5. The van der Waals surface area contributed by atoms with Gasteiger partial charge in [0.05, 0.1) is 5.75 Å². The number of hydrogen-bond donors (Lipinski definition) is 1. The van der Waals surface area contributed by atoms with Gasteiger partial charge in [0.2, 0.25) is 16.2 Å². The highest BCUT2D eigenvalue weighted by atomic mass is 32.2. The highest BCUT2D eigenvalue weighted by Crippen LogP contribution is 2.25. The van der Waals surface area contributed by atoms with Crippen LogP contribution in [-0.2, 0) is 11.8 Å². The standard InChI is InChI=1S/C9H11N7OS3/c1-3-4-18-9-13-11-7(20-9)10-6(17)5-19-8-12-14-15-16(8)2/h3H,1,4-5H2,2H3,(H,10,11,17). The van der Waals surface area contributed by atoms with Crippen LogP contribution < -0.4 is 5.32 Å². The fourth-order valence-electron chi connectivity index (χ4n) is 1.08. The number of rotatable bonds is 7. The predicted molar refractivity (Wildman–Crippen MR) is 79.0 cm³/mol. The van der Waals surface area contributed by atoms with E-state index in [0.29, 0.717) is 10.3 Å². The molecule has 0 radical (unpaired) electrons. The maximum absolute atomic E-state index is 11.7. The van der Waals surface area contributed by atoms with E-state index in [0.717, 1.165) is 10.1 Å². The summed E-state index contributed by atoms with van der Waals surface area (Å²) in [6.45, 7) is 3.63. The largest absolute Gasteiger partial charge is 0.300 e. The summed E-state index contributed by atoms with van der Waals surface area (Å²) < 4.78 is 2.30. The van der Waals surface area contributed by atoms with E-state index in [1.807, 2.05) is 0 Å². The molecule has 0 spiro atoms. The summed E-state index contributed by atoms with van der Waals surface area (Å²) in [5.41, 5.74) is 0. The molecular formula is C9H11N7OS3. The summed E-state index contributed by atoms with van der Waals surface area (Å²) in [5.74, 6) is 0.801. The number of nitrogens with zero attached hydrogens (tertiary/aromatic N) is 6. The molecule has 11 heteroatoms. The molecule has 2 aromatic heterocycles. The second-order valence-corrected chi connectivity index (χ2v) is 6.58. The Labute approximate surface area is 127 Å². The minimum absolute atomic E-state index is 0.172. The van der Waals surface area contributed by atoms with Crippen LogP contribution in [0.5, 0.6) is 0 Å². The van der Waals surface area contributed by atoms with Crippen LogP contribution in [0, 0.1) is 0 Å². The molecule has 106 valence electrons. The molecule has 1 N–H and O–H groups in total. The lowest BCUT2D eigenvalue weighted by atomic mass is 10.7. The predicted octanol–water partition coefficient (Wildman–Crippen LogP) is 1.07. The van der Waals surface area contributed by atoms with E-state index in [2.05, 4.69) is 37.6 Å². The van der Waals surface area contributed by atoms with Crippen molar-refractivity contribution in [3.05, 3.63) is 12.7 Å². The van der Waals surface area contributed by atoms with Gasteiger partial charge in [-0.1, -0.05) is 40.9 Å². The summed E-state index contributed by atoms with van der Waals surface area (Å²) in [6, 6.07) is 0. The monoisotopic (exact) mass is 329 g/mol. The van der Waals surface area contributed by atoms with Crippen molar-refractivity contribution < 1.29 is 4.79 Å². The van der Waals surface area contributed by atoms with E-state index in [-0.39, 0.29) is 11.7 Å². The molecule has 1 amide bonds. The third kappa shape index (κ3) is 4.28. The van der Waals surface area contributed by atoms with Crippen molar-refractivity contribution in [2.24, 2.45) is 7.05 Å². The van der Waals surface area contributed by atoms with Gasteiger partial charge in [0.1, 0.15) is 0 Å². The Kier molecular flexibility index (Phi) is 5.49. The van der Waals surface area contributed by atoms with Crippen molar-refractivity contribution in [2.75, 3.05) is 16.8 Å². The number of hydrogen-bond acceptors (Lipinski definition) is 9. The second-order valence-electron chi connectivity index (χ2n) is 3.39. The van der Waals surface area contributed by atoms with Gasteiger partial charge < -0.3 is 0 Å². The van der Waals surface area contributed by atoms with Crippen LogP contribution >= 0.6 is 34.9 Å². The van der Waals surface area contributed by atoms with E-state index >= 15 is 0 Å². The Balaban J connectivity index is 1.80. The Morgan fingerprint density at radius 2 is 2.30 bits per heavy atom. The summed E-state index contributed by atoms with van der Waals surface area (Å²) in [4.78, 5) is 11.7. The minimum atomic E-state index is -0.172. The maximum Gasteiger partial charge on any atom is 0.236 e. The first-order valence-corrected chi connectivity index (χ1v) is 8.20. The summed E-state index contributed by atoms with van der Waals surface area (Å²) in [7, 11) is 1.72. The highest BCUT2D eigenvalue weighted by molar-refractivity contribution is 8.01. The average Bonchev–Trinajstić information content (AvgIpc) is 3.03. The lowest BCUT2D eigenvalue weighted by Crippen LogP contribution is -2.14. The van der Waals surface area contributed by atoms with Gasteiger partial charge in [-0.25, -0.2) is 4.68 Å². The molecule has 0 aromatic carbocycles. The molecule has 0 aliphatic rings. The maximum atomic E-state index is 11.7. The molecule has 0 saturated heterocycles. The fourth-order valence-corrected chi connectivity index (χ4v) is 3.26. The minimum Gasteiger partial charge on any atom is -0.300 e. The SMILES string of the molecule is C=CCSc1nnc(NC(=O)CSc2nnnn2C)s1. The van der Waals surface area contributed by atoms with Crippen LogP contribution in [0.15, 0.2) is 22.2 Å². The van der Waals surface area contributed by atoms with Gasteiger partial charge >= 0.3 is 0 Å². The zero-order valence-corrected chi connectivity index (χ0v) is 13.0. The molecule has 2 aromatic rings. The molecule has 20 heavy (non-hydrogen) atoms. The van der Waals surface area contributed by atoms with E-state index in [4.69, 9.17) is 0 Å². The number of amides is 1. The Morgan fingerprint density at radius 1 is 1.45 bits per heavy atom. The number of aromatic nitrogens is 6. The van der Waals surface area contributed by atoms with E-state index in [1.165, 1.54) is 39.5 Å². The number of nitrogens with one attached hydrogen (secondary N) is 1. The summed E-state index contributed by atoms with van der Waals surface area (Å²) in [6.07, 6.45) is 1.79. The number of thioether (sulfide) groups is 2. The molecular weight excluding hydrogens is 318 g/mol. The molecule has 2 rings (SSSR count). The first-order valence-electron chi connectivity index (χ1n) is 5.41. The van der Waals surface area contributed by atoms with Crippen LogP contribution in [-0.4, -0.2) is 47.8 Å². The third-order valence-corrected chi connectivity index (χ3v) is 4.87. The molecule has 0 aliphatic carbocycles. The average molecular weight is 329 g/mol. The number of aryl methyl sites for hydroxylation is 1. The lowest BCUT2D eigenvalue weighted by Gasteiger charge is -1.99. The molecule has 0 unspecified atom stereocenters. The van der Waals surface area contributed by atoms with E-state index in [9.17, 15) is 4.79 Å². The first kappa shape index (κ1) is 14.9. The van der Waals surface area contributed by atoms with Gasteiger partial charge in [-0.2, -0.15) is 0 Å². The Hall–Kier alpha value is -1.46. The molecule has 0 saturated carbocycles. The van der Waals surface area contributed by atoms with Gasteiger partial charge in [0.25, 0.3) is 0 Å². The summed E-state index contributed by atoms with van der Waals surface area (Å²) in [5, 5.41) is 22.6. The highest BCUT2D eigenvalue weighted by Gasteiger charge is 2.11. The van der Waals surface area contributed by atoms with Gasteiger partial charge in [-0.15, -0.1) is 21.9 Å². The smallest absolute Gasteiger partial charge is 0.236 e.